The van der Waals surface area contributed by atoms with Crippen molar-refractivity contribution in [1.82, 2.24) is 10.3 Å². The van der Waals surface area contributed by atoms with Crippen LogP contribution in [0.1, 0.15) is 21.5 Å². The molecular weight excluding hydrogens is 319 g/mol. The van der Waals surface area contributed by atoms with Crippen molar-refractivity contribution >= 4 is 5.91 Å². The molecule has 0 radical (unpaired) electrons. The quantitative estimate of drug-likeness (QED) is 0.767. The fourth-order valence-corrected chi connectivity index (χ4v) is 2.43. The van der Waals surface area contributed by atoms with Gasteiger partial charge in [-0.25, -0.2) is 4.39 Å². The minimum absolute atomic E-state index is 0.0398. The molecule has 0 fully saturated rings. The van der Waals surface area contributed by atoms with Gasteiger partial charge in [-0.2, -0.15) is 0 Å². The van der Waals surface area contributed by atoms with Crippen molar-refractivity contribution < 1.29 is 9.18 Å². The predicted molar refractivity (Wildman–Crippen MR) is 94.8 cm³/mol. The molecule has 0 aliphatic rings. The van der Waals surface area contributed by atoms with Crippen LogP contribution in [0.5, 0.6) is 0 Å². The van der Waals surface area contributed by atoms with Crippen LogP contribution in [0.4, 0.5) is 4.39 Å². The van der Waals surface area contributed by atoms with Crippen molar-refractivity contribution in [2.75, 3.05) is 0 Å². The van der Waals surface area contributed by atoms with Gasteiger partial charge in [-0.05, 0) is 54.4 Å². The molecule has 0 unspecified atom stereocenters. The number of H-pyrrole nitrogens is 1. The molecule has 25 heavy (non-hydrogen) atoms. The number of benzene rings is 2. The van der Waals surface area contributed by atoms with Gasteiger partial charge >= 0.3 is 0 Å². The Labute approximate surface area is 144 Å². The fraction of sp³-hybridized carbons (Fsp3) is 0.100. The standard InChI is InChI=1S/C20H17FN2O2/c1-13-2-4-14(5-3-13)12-22-19(24)17-10-11-18(23-20(17)25)15-6-8-16(21)9-7-15/h2-11H,12H2,1H3,(H,22,24)(H,23,25). The summed E-state index contributed by atoms with van der Waals surface area (Å²) in [5.41, 5.74) is 2.85. The monoisotopic (exact) mass is 336 g/mol. The molecule has 3 aromatic rings. The summed E-state index contributed by atoms with van der Waals surface area (Å²) in [4.78, 5) is 27.1. The maximum atomic E-state index is 13.0. The average Bonchev–Trinajstić information content (AvgIpc) is 2.61. The second-order valence-electron chi connectivity index (χ2n) is 5.79. The van der Waals surface area contributed by atoms with E-state index in [1.807, 2.05) is 31.2 Å². The highest BCUT2D eigenvalue weighted by atomic mass is 19.1. The molecule has 0 aliphatic heterocycles. The minimum atomic E-state index is -0.483. The molecule has 126 valence electrons. The Kier molecular flexibility index (Phi) is 4.75. The van der Waals surface area contributed by atoms with Gasteiger partial charge in [-0.1, -0.05) is 29.8 Å². The summed E-state index contributed by atoms with van der Waals surface area (Å²) >= 11 is 0. The van der Waals surface area contributed by atoms with Gasteiger partial charge in [0.05, 0.1) is 0 Å². The average molecular weight is 336 g/mol. The van der Waals surface area contributed by atoms with Gasteiger partial charge in [0, 0.05) is 12.2 Å². The maximum absolute atomic E-state index is 13.0. The Bertz CT molecular complexity index is 945. The summed E-state index contributed by atoms with van der Waals surface area (Å²) in [5, 5.41) is 2.73. The highest BCUT2D eigenvalue weighted by molar-refractivity contribution is 5.94. The summed E-state index contributed by atoms with van der Waals surface area (Å²) in [6, 6.07) is 16.7. The highest BCUT2D eigenvalue weighted by Gasteiger charge is 2.11. The van der Waals surface area contributed by atoms with Gasteiger partial charge in [0.25, 0.3) is 11.5 Å². The van der Waals surface area contributed by atoms with E-state index in [0.717, 1.165) is 11.1 Å². The van der Waals surface area contributed by atoms with Gasteiger partial charge in [0.15, 0.2) is 0 Å². The normalized spacial score (nSPS) is 10.5. The van der Waals surface area contributed by atoms with Crippen LogP contribution in [0.2, 0.25) is 0 Å². The zero-order chi connectivity index (χ0) is 17.8. The predicted octanol–water partition coefficient (Wildman–Crippen LogP) is 3.42. The third kappa shape index (κ3) is 4.01. The molecule has 0 aliphatic carbocycles. The Balaban J connectivity index is 1.73. The number of carbonyl (C=O) groups is 1. The van der Waals surface area contributed by atoms with Crippen LogP contribution >= 0.6 is 0 Å². The van der Waals surface area contributed by atoms with Crippen LogP contribution in [0.25, 0.3) is 11.3 Å². The number of halogens is 1. The molecule has 4 nitrogen and oxygen atoms in total. The van der Waals surface area contributed by atoms with E-state index in [1.165, 1.54) is 18.2 Å². The van der Waals surface area contributed by atoms with E-state index in [4.69, 9.17) is 0 Å². The van der Waals surface area contributed by atoms with Crippen LogP contribution in [0, 0.1) is 12.7 Å². The van der Waals surface area contributed by atoms with Crippen LogP contribution in [0.3, 0.4) is 0 Å². The number of nitrogens with one attached hydrogen (secondary N) is 2. The summed E-state index contributed by atoms with van der Waals surface area (Å²) in [7, 11) is 0. The molecule has 2 N–H and O–H groups in total. The zero-order valence-electron chi connectivity index (χ0n) is 13.7. The molecule has 1 amide bonds. The van der Waals surface area contributed by atoms with Gasteiger partial charge < -0.3 is 10.3 Å². The lowest BCUT2D eigenvalue weighted by molar-refractivity contribution is 0.0949. The first-order chi connectivity index (χ1) is 12.0. The first-order valence-corrected chi connectivity index (χ1v) is 7.86. The number of hydrogen-bond acceptors (Lipinski definition) is 2. The minimum Gasteiger partial charge on any atom is -0.348 e. The number of carbonyl (C=O) groups excluding carboxylic acids is 1. The van der Waals surface area contributed by atoms with Crippen molar-refractivity contribution in [1.29, 1.82) is 0 Å². The number of aryl methyl sites for hydroxylation is 1. The van der Waals surface area contributed by atoms with E-state index in [2.05, 4.69) is 10.3 Å². The molecule has 2 aromatic carbocycles. The molecule has 0 atom stereocenters. The Morgan fingerprint density at radius 2 is 1.68 bits per heavy atom. The summed E-state index contributed by atoms with van der Waals surface area (Å²) in [6.07, 6.45) is 0. The molecular formula is C20H17FN2O2. The number of rotatable bonds is 4. The fourth-order valence-electron chi connectivity index (χ4n) is 2.43. The number of amides is 1. The van der Waals surface area contributed by atoms with Crippen LogP contribution in [-0.2, 0) is 6.54 Å². The molecule has 0 saturated carbocycles. The van der Waals surface area contributed by atoms with Crippen LogP contribution in [0.15, 0.2) is 65.5 Å². The second-order valence-corrected chi connectivity index (χ2v) is 5.79. The molecule has 5 heteroatoms. The SMILES string of the molecule is Cc1ccc(CNC(=O)c2ccc(-c3ccc(F)cc3)[nH]c2=O)cc1. The Morgan fingerprint density at radius 3 is 2.32 bits per heavy atom. The van der Waals surface area contributed by atoms with Gasteiger partial charge in [0.1, 0.15) is 11.4 Å². The third-order valence-electron chi connectivity index (χ3n) is 3.88. The molecule has 3 rings (SSSR count). The largest absolute Gasteiger partial charge is 0.348 e. The number of aromatic nitrogens is 1. The first-order valence-electron chi connectivity index (χ1n) is 7.86. The Morgan fingerprint density at radius 1 is 1.00 bits per heavy atom. The summed E-state index contributed by atoms with van der Waals surface area (Å²) in [5.74, 6) is -0.786. The van der Waals surface area contributed by atoms with E-state index < -0.39 is 11.5 Å². The summed E-state index contributed by atoms with van der Waals surface area (Å²) in [6.45, 7) is 2.34. The molecule has 0 spiro atoms. The smallest absolute Gasteiger partial charge is 0.261 e. The number of hydrogen-bond donors (Lipinski definition) is 2. The molecule has 0 bridgehead atoms. The topological polar surface area (TPSA) is 62.0 Å². The van der Waals surface area contributed by atoms with Crippen molar-refractivity contribution in [2.24, 2.45) is 0 Å². The zero-order valence-corrected chi connectivity index (χ0v) is 13.7. The molecule has 1 aromatic heterocycles. The van der Waals surface area contributed by atoms with Crippen molar-refractivity contribution in [3.8, 4) is 11.3 Å². The first kappa shape index (κ1) is 16.6. The van der Waals surface area contributed by atoms with E-state index in [-0.39, 0.29) is 11.4 Å². The number of pyridine rings is 1. The van der Waals surface area contributed by atoms with Crippen molar-refractivity contribution in [2.45, 2.75) is 13.5 Å². The number of aromatic amines is 1. The molecule has 0 saturated heterocycles. The van der Waals surface area contributed by atoms with Crippen LogP contribution in [-0.4, -0.2) is 10.9 Å². The lowest BCUT2D eigenvalue weighted by atomic mass is 10.1. The highest BCUT2D eigenvalue weighted by Crippen LogP contribution is 2.16. The second kappa shape index (κ2) is 7.13. The van der Waals surface area contributed by atoms with E-state index in [9.17, 15) is 14.0 Å². The lowest BCUT2D eigenvalue weighted by Gasteiger charge is -2.07. The third-order valence-corrected chi connectivity index (χ3v) is 3.88. The lowest BCUT2D eigenvalue weighted by Crippen LogP contribution is -2.29. The van der Waals surface area contributed by atoms with Crippen molar-refractivity contribution in [3.63, 3.8) is 0 Å². The maximum Gasteiger partial charge on any atom is 0.261 e. The van der Waals surface area contributed by atoms with Crippen molar-refractivity contribution in [3.05, 3.63) is 93.5 Å². The van der Waals surface area contributed by atoms with Gasteiger partial charge in [-0.3, -0.25) is 9.59 Å². The molecule has 1 heterocycles. The van der Waals surface area contributed by atoms with Gasteiger partial charge in [-0.15, -0.1) is 0 Å². The van der Waals surface area contributed by atoms with E-state index >= 15 is 0 Å². The van der Waals surface area contributed by atoms with Crippen LogP contribution < -0.4 is 10.9 Å². The van der Waals surface area contributed by atoms with E-state index in [1.54, 1.807) is 18.2 Å². The van der Waals surface area contributed by atoms with E-state index in [0.29, 0.717) is 17.8 Å². The van der Waals surface area contributed by atoms with Gasteiger partial charge in [0.2, 0.25) is 0 Å². The summed E-state index contributed by atoms with van der Waals surface area (Å²) < 4.78 is 13.0. The Hall–Kier alpha value is -3.21.